The van der Waals surface area contributed by atoms with Gasteiger partial charge in [0.25, 0.3) is 5.91 Å². The van der Waals surface area contributed by atoms with Crippen LogP contribution in [0.4, 0.5) is 5.82 Å². The molecule has 0 fully saturated rings. The molecule has 0 spiro atoms. The molecule has 0 atom stereocenters. The summed E-state index contributed by atoms with van der Waals surface area (Å²) >= 11 is 6.18. The van der Waals surface area contributed by atoms with E-state index < -0.39 is 0 Å². The van der Waals surface area contributed by atoms with Crippen molar-refractivity contribution in [3.63, 3.8) is 0 Å². The highest BCUT2D eigenvalue weighted by atomic mass is 35.5. The molecule has 0 bridgehead atoms. The SMILES string of the molecule is CCC(CC)N(CC(C)C)C(=O)c1cc(NC)ncc1Cl. The zero-order chi connectivity index (χ0) is 16.0. The fraction of sp³-hybridized carbons (Fsp3) is 0.625. The summed E-state index contributed by atoms with van der Waals surface area (Å²) in [6.07, 6.45) is 3.41. The Labute approximate surface area is 132 Å². The number of nitrogens with one attached hydrogen (secondary N) is 1. The van der Waals surface area contributed by atoms with Crippen LogP contribution in [0.3, 0.4) is 0 Å². The number of anilines is 1. The summed E-state index contributed by atoms with van der Waals surface area (Å²) < 4.78 is 0. The summed E-state index contributed by atoms with van der Waals surface area (Å²) in [5.41, 5.74) is 0.517. The van der Waals surface area contributed by atoms with Crippen LogP contribution in [0.5, 0.6) is 0 Å². The van der Waals surface area contributed by atoms with Crippen LogP contribution in [-0.2, 0) is 0 Å². The van der Waals surface area contributed by atoms with Gasteiger partial charge in [-0.15, -0.1) is 0 Å². The molecule has 0 unspecified atom stereocenters. The molecule has 0 aromatic carbocycles. The molecular formula is C16H26ClN3O. The predicted octanol–water partition coefficient (Wildman–Crippen LogP) is 4.06. The van der Waals surface area contributed by atoms with Gasteiger partial charge in [-0.05, 0) is 24.8 Å². The molecule has 0 aliphatic heterocycles. The molecule has 0 saturated heterocycles. The van der Waals surface area contributed by atoms with E-state index in [4.69, 9.17) is 11.6 Å². The van der Waals surface area contributed by atoms with Crippen molar-refractivity contribution in [2.75, 3.05) is 18.9 Å². The predicted molar refractivity (Wildman–Crippen MR) is 89.0 cm³/mol. The normalized spacial score (nSPS) is 11.0. The van der Waals surface area contributed by atoms with Crippen LogP contribution in [0.15, 0.2) is 12.3 Å². The number of hydrogen-bond donors (Lipinski definition) is 1. The first-order chi connectivity index (χ1) is 9.94. The quantitative estimate of drug-likeness (QED) is 0.825. The number of nitrogens with zero attached hydrogens (tertiary/aromatic N) is 2. The number of rotatable bonds is 7. The lowest BCUT2D eigenvalue weighted by atomic mass is 10.1. The van der Waals surface area contributed by atoms with Gasteiger partial charge >= 0.3 is 0 Å². The van der Waals surface area contributed by atoms with Crippen LogP contribution in [0, 0.1) is 5.92 Å². The Kier molecular flexibility index (Phi) is 6.96. The van der Waals surface area contributed by atoms with Crippen molar-refractivity contribution in [1.29, 1.82) is 0 Å². The highest BCUT2D eigenvalue weighted by molar-refractivity contribution is 6.33. The van der Waals surface area contributed by atoms with Crippen LogP contribution in [0.25, 0.3) is 0 Å². The molecule has 0 aliphatic carbocycles. The van der Waals surface area contributed by atoms with Crippen LogP contribution < -0.4 is 5.32 Å². The maximum Gasteiger partial charge on any atom is 0.255 e. The van der Waals surface area contributed by atoms with E-state index in [1.54, 1.807) is 13.1 Å². The number of amides is 1. The van der Waals surface area contributed by atoms with Gasteiger partial charge in [-0.1, -0.05) is 39.3 Å². The fourth-order valence-corrected chi connectivity index (χ4v) is 2.60. The van der Waals surface area contributed by atoms with Crippen molar-refractivity contribution in [3.8, 4) is 0 Å². The van der Waals surface area contributed by atoms with E-state index in [-0.39, 0.29) is 11.9 Å². The van der Waals surface area contributed by atoms with Gasteiger partial charge in [-0.2, -0.15) is 0 Å². The van der Waals surface area contributed by atoms with Gasteiger partial charge in [0, 0.05) is 25.8 Å². The Morgan fingerprint density at radius 1 is 1.38 bits per heavy atom. The van der Waals surface area contributed by atoms with Crippen molar-refractivity contribution in [1.82, 2.24) is 9.88 Å². The molecule has 5 heteroatoms. The third kappa shape index (κ3) is 4.60. The Hall–Kier alpha value is -1.29. The summed E-state index contributed by atoms with van der Waals surface area (Å²) in [5, 5.41) is 3.35. The lowest BCUT2D eigenvalue weighted by molar-refractivity contribution is 0.0640. The molecule has 4 nitrogen and oxygen atoms in total. The molecule has 1 amide bonds. The van der Waals surface area contributed by atoms with Crippen LogP contribution >= 0.6 is 11.6 Å². The van der Waals surface area contributed by atoms with E-state index in [1.165, 1.54) is 6.20 Å². The van der Waals surface area contributed by atoms with Gasteiger partial charge < -0.3 is 10.2 Å². The van der Waals surface area contributed by atoms with Crippen LogP contribution in [0.2, 0.25) is 5.02 Å². The maximum atomic E-state index is 12.9. The summed E-state index contributed by atoms with van der Waals surface area (Å²) in [6, 6.07) is 1.96. The number of carbonyl (C=O) groups excluding carboxylic acids is 1. The first kappa shape index (κ1) is 17.8. The number of halogens is 1. The van der Waals surface area contributed by atoms with Gasteiger partial charge in [-0.25, -0.2) is 4.98 Å². The van der Waals surface area contributed by atoms with E-state index in [2.05, 4.69) is 38.0 Å². The summed E-state index contributed by atoms with van der Waals surface area (Å²) in [4.78, 5) is 19.0. The molecule has 1 rings (SSSR count). The second kappa shape index (κ2) is 8.23. The van der Waals surface area contributed by atoms with Crippen molar-refractivity contribution in [3.05, 3.63) is 22.8 Å². The minimum atomic E-state index is -0.0127. The number of hydrogen-bond acceptors (Lipinski definition) is 3. The molecule has 0 radical (unpaired) electrons. The van der Waals surface area contributed by atoms with E-state index in [9.17, 15) is 4.79 Å². The lowest BCUT2D eigenvalue weighted by Crippen LogP contribution is -2.42. The fourth-order valence-electron chi connectivity index (χ4n) is 2.41. The Morgan fingerprint density at radius 3 is 2.48 bits per heavy atom. The van der Waals surface area contributed by atoms with Gasteiger partial charge in [0.05, 0.1) is 10.6 Å². The number of aromatic nitrogens is 1. The molecule has 118 valence electrons. The molecule has 1 N–H and O–H groups in total. The standard InChI is InChI=1S/C16H26ClN3O/c1-6-12(7-2)20(10-11(3)4)16(21)13-8-15(18-5)19-9-14(13)17/h8-9,11-12H,6-7,10H2,1-5H3,(H,18,19). The van der Waals surface area contributed by atoms with Crippen molar-refractivity contribution < 1.29 is 4.79 Å². The van der Waals surface area contributed by atoms with Gasteiger partial charge in [0.15, 0.2) is 0 Å². The Bertz CT molecular complexity index is 473. The Balaban J connectivity index is 3.15. The molecule has 0 saturated carbocycles. The summed E-state index contributed by atoms with van der Waals surface area (Å²) in [6.45, 7) is 9.20. The van der Waals surface area contributed by atoms with Gasteiger partial charge in [-0.3, -0.25) is 4.79 Å². The zero-order valence-electron chi connectivity index (χ0n) is 13.6. The number of pyridine rings is 1. The smallest absolute Gasteiger partial charge is 0.255 e. The highest BCUT2D eigenvalue weighted by Crippen LogP contribution is 2.23. The molecule has 21 heavy (non-hydrogen) atoms. The first-order valence-corrected chi connectivity index (χ1v) is 7.96. The first-order valence-electron chi connectivity index (χ1n) is 7.58. The Morgan fingerprint density at radius 2 is 2.00 bits per heavy atom. The van der Waals surface area contributed by atoms with Crippen molar-refractivity contribution in [2.45, 2.75) is 46.6 Å². The second-order valence-corrected chi connectivity index (χ2v) is 6.03. The lowest BCUT2D eigenvalue weighted by Gasteiger charge is -2.32. The van der Waals surface area contributed by atoms with Crippen molar-refractivity contribution in [2.24, 2.45) is 5.92 Å². The van der Waals surface area contributed by atoms with E-state index in [1.807, 2.05) is 4.90 Å². The van der Waals surface area contributed by atoms with Crippen LogP contribution in [0.1, 0.15) is 50.9 Å². The number of carbonyl (C=O) groups is 1. The largest absolute Gasteiger partial charge is 0.373 e. The average Bonchev–Trinajstić information content (AvgIpc) is 2.47. The highest BCUT2D eigenvalue weighted by Gasteiger charge is 2.25. The minimum absolute atomic E-state index is 0.0127. The van der Waals surface area contributed by atoms with E-state index in [0.29, 0.717) is 22.3 Å². The van der Waals surface area contributed by atoms with Gasteiger partial charge in [0.1, 0.15) is 5.82 Å². The van der Waals surface area contributed by atoms with Crippen LogP contribution in [-0.4, -0.2) is 35.4 Å². The van der Waals surface area contributed by atoms with E-state index >= 15 is 0 Å². The summed E-state index contributed by atoms with van der Waals surface area (Å²) in [5.74, 6) is 1.05. The van der Waals surface area contributed by atoms with Crippen molar-refractivity contribution >= 4 is 23.3 Å². The van der Waals surface area contributed by atoms with E-state index in [0.717, 1.165) is 19.4 Å². The maximum absolute atomic E-state index is 12.9. The third-order valence-corrected chi connectivity index (χ3v) is 3.85. The monoisotopic (exact) mass is 311 g/mol. The topological polar surface area (TPSA) is 45.2 Å². The second-order valence-electron chi connectivity index (χ2n) is 5.62. The molecule has 1 heterocycles. The minimum Gasteiger partial charge on any atom is -0.373 e. The summed E-state index contributed by atoms with van der Waals surface area (Å²) in [7, 11) is 1.78. The average molecular weight is 312 g/mol. The third-order valence-electron chi connectivity index (χ3n) is 3.55. The zero-order valence-corrected chi connectivity index (χ0v) is 14.4. The molecule has 1 aromatic rings. The molecule has 0 aliphatic rings. The van der Waals surface area contributed by atoms with Gasteiger partial charge in [0.2, 0.25) is 0 Å². The molecular weight excluding hydrogens is 286 g/mol. The molecule has 1 aromatic heterocycles.